The predicted octanol–water partition coefficient (Wildman–Crippen LogP) is 3.84. The number of ether oxygens (including phenoxy) is 2. The van der Waals surface area contributed by atoms with E-state index >= 15 is 0 Å². The van der Waals surface area contributed by atoms with Crippen molar-refractivity contribution in [2.75, 3.05) is 6.61 Å². The number of benzene rings is 1. The van der Waals surface area contributed by atoms with E-state index in [4.69, 9.17) is 9.47 Å². The molecule has 0 aromatic heterocycles. The zero-order valence-electron chi connectivity index (χ0n) is 13.7. The molecule has 0 aliphatic carbocycles. The summed E-state index contributed by atoms with van der Waals surface area (Å²) in [7, 11) is 0. The van der Waals surface area contributed by atoms with Crippen LogP contribution in [0, 0.1) is 5.92 Å². The second-order valence-corrected chi connectivity index (χ2v) is 6.33. The van der Waals surface area contributed by atoms with Gasteiger partial charge in [0, 0.05) is 0 Å². The summed E-state index contributed by atoms with van der Waals surface area (Å²) in [6.07, 6.45) is 1.69. The minimum Gasteiger partial charge on any atom is -0.464 e. The highest BCUT2D eigenvalue weighted by molar-refractivity contribution is 5.85. The fourth-order valence-electron chi connectivity index (χ4n) is 3.08. The Morgan fingerprint density at radius 3 is 2.33 bits per heavy atom. The fourth-order valence-corrected chi connectivity index (χ4v) is 3.08. The molecule has 3 heteroatoms. The summed E-state index contributed by atoms with van der Waals surface area (Å²) in [5.74, 6) is 0.388. The van der Waals surface area contributed by atoms with E-state index in [0.29, 0.717) is 18.9 Å². The number of epoxide rings is 1. The molecule has 1 heterocycles. The number of hydrogen-bond donors (Lipinski definition) is 0. The lowest BCUT2D eigenvalue weighted by atomic mass is 9.85. The van der Waals surface area contributed by atoms with Crippen molar-refractivity contribution < 1.29 is 14.3 Å². The first-order chi connectivity index (χ1) is 9.89. The van der Waals surface area contributed by atoms with E-state index in [0.717, 1.165) is 12.0 Å². The van der Waals surface area contributed by atoms with Crippen molar-refractivity contribution in [1.29, 1.82) is 0 Å². The van der Waals surface area contributed by atoms with Gasteiger partial charge in [0.25, 0.3) is 0 Å². The molecule has 0 spiro atoms. The number of rotatable bonds is 6. The Bertz CT molecular complexity index is 506. The summed E-state index contributed by atoms with van der Waals surface area (Å²) in [6.45, 7) is 10.6. The number of hydrogen-bond acceptors (Lipinski definition) is 3. The third-order valence-electron chi connectivity index (χ3n) is 4.36. The zero-order valence-corrected chi connectivity index (χ0v) is 13.7. The Labute approximate surface area is 127 Å². The van der Waals surface area contributed by atoms with Gasteiger partial charge in [-0.05, 0) is 43.7 Å². The van der Waals surface area contributed by atoms with Gasteiger partial charge in [0.2, 0.25) is 0 Å². The summed E-state index contributed by atoms with van der Waals surface area (Å²) in [5, 5.41) is 0. The summed E-state index contributed by atoms with van der Waals surface area (Å²) in [4.78, 5) is 12.2. The molecule has 1 aromatic carbocycles. The van der Waals surface area contributed by atoms with Crippen LogP contribution in [0.3, 0.4) is 0 Å². The van der Waals surface area contributed by atoms with Gasteiger partial charge in [-0.1, -0.05) is 45.0 Å². The molecule has 1 aliphatic heterocycles. The van der Waals surface area contributed by atoms with Crippen molar-refractivity contribution in [2.24, 2.45) is 5.92 Å². The summed E-state index contributed by atoms with van der Waals surface area (Å²) in [6, 6.07) is 8.42. The maximum absolute atomic E-state index is 12.2. The van der Waals surface area contributed by atoms with E-state index in [2.05, 4.69) is 38.1 Å². The molecule has 1 saturated heterocycles. The second-order valence-electron chi connectivity index (χ2n) is 6.33. The first-order valence-electron chi connectivity index (χ1n) is 7.86. The average molecular weight is 290 g/mol. The molecule has 0 radical (unpaired) electrons. The molecule has 2 rings (SSSR count). The maximum Gasteiger partial charge on any atom is 0.341 e. The van der Waals surface area contributed by atoms with Gasteiger partial charge in [-0.15, -0.1) is 0 Å². The van der Waals surface area contributed by atoms with Gasteiger partial charge >= 0.3 is 5.97 Å². The highest BCUT2D eigenvalue weighted by atomic mass is 16.7. The molecular formula is C18H26O3. The Balaban J connectivity index is 2.20. The quantitative estimate of drug-likeness (QED) is 0.590. The smallest absolute Gasteiger partial charge is 0.341 e. The van der Waals surface area contributed by atoms with Crippen molar-refractivity contribution in [3.63, 3.8) is 0 Å². The van der Waals surface area contributed by atoms with Crippen molar-refractivity contribution in [3.8, 4) is 0 Å². The van der Waals surface area contributed by atoms with Crippen LogP contribution >= 0.6 is 0 Å². The third kappa shape index (κ3) is 2.71. The Hall–Kier alpha value is -1.35. The standard InChI is InChI=1S/C18H26O3/c1-6-18(16(19)20-7-2)17(5,21-18)15-10-8-14(9-11-15)12-13(3)4/h8-11,13H,6-7,12H2,1-5H3. The minimum atomic E-state index is -0.817. The molecular weight excluding hydrogens is 264 g/mol. The fraction of sp³-hybridized carbons (Fsp3) is 0.611. The van der Waals surface area contributed by atoms with E-state index in [-0.39, 0.29) is 5.97 Å². The molecule has 2 atom stereocenters. The predicted molar refractivity (Wildman–Crippen MR) is 83.1 cm³/mol. The van der Waals surface area contributed by atoms with Crippen molar-refractivity contribution in [1.82, 2.24) is 0 Å². The Kier molecular flexibility index (Phi) is 4.43. The van der Waals surface area contributed by atoms with Gasteiger partial charge in [0.1, 0.15) is 5.60 Å². The molecule has 0 bridgehead atoms. The molecule has 2 unspecified atom stereocenters. The van der Waals surface area contributed by atoms with Gasteiger partial charge in [0.05, 0.1) is 6.61 Å². The highest BCUT2D eigenvalue weighted by Gasteiger charge is 2.72. The van der Waals surface area contributed by atoms with Crippen molar-refractivity contribution in [3.05, 3.63) is 35.4 Å². The second kappa shape index (κ2) is 5.80. The monoisotopic (exact) mass is 290 g/mol. The molecule has 0 saturated carbocycles. The number of esters is 1. The first kappa shape index (κ1) is 16.0. The lowest BCUT2D eigenvalue weighted by Gasteiger charge is -2.15. The van der Waals surface area contributed by atoms with E-state index in [1.807, 2.05) is 20.8 Å². The van der Waals surface area contributed by atoms with Crippen LogP contribution < -0.4 is 0 Å². The molecule has 1 aliphatic rings. The van der Waals surface area contributed by atoms with E-state index in [1.165, 1.54) is 5.56 Å². The maximum atomic E-state index is 12.2. The molecule has 1 aromatic rings. The van der Waals surface area contributed by atoms with Gasteiger partial charge in [-0.3, -0.25) is 0 Å². The highest BCUT2D eigenvalue weighted by Crippen LogP contribution is 2.58. The van der Waals surface area contributed by atoms with Gasteiger partial charge < -0.3 is 9.47 Å². The third-order valence-corrected chi connectivity index (χ3v) is 4.36. The zero-order chi connectivity index (χ0) is 15.7. The largest absolute Gasteiger partial charge is 0.464 e. The normalized spacial score (nSPS) is 27.7. The van der Waals surface area contributed by atoms with Crippen LogP contribution in [0.2, 0.25) is 0 Å². The molecule has 1 fully saturated rings. The SMILES string of the molecule is CCOC(=O)C1(CC)OC1(C)c1ccc(CC(C)C)cc1. The van der Waals surface area contributed by atoms with Gasteiger partial charge in [-0.25, -0.2) is 4.79 Å². The van der Waals surface area contributed by atoms with Crippen LogP contribution in [0.1, 0.15) is 52.2 Å². The lowest BCUT2D eigenvalue weighted by Crippen LogP contribution is -2.32. The number of carbonyl (C=O) groups excluding carboxylic acids is 1. The summed E-state index contributed by atoms with van der Waals surface area (Å²) in [5.41, 5.74) is 0.980. The lowest BCUT2D eigenvalue weighted by molar-refractivity contribution is -0.149. The minimum absolute atomic E-state index is 0.249. The van der Waals surface area contributed by atoms with Crippen LogP contribution in [0.15, 0.2) is 24.3 Å². The van der Waals surface area contributed by atoms with E-state index < -0.39 is 11.2 Å². The molecule has 3 nitrogen and oxygen atoms in total. The average Bonchev–Trinajstić information content (AvgIpc) is 3.07. The Morgan fingerprint density at radius 2 is 1.86 bits per heavy atom. The molecule has 116 valence electrons. The van der Waals surface area contributed by atoms with Crippen LogP contribution in [-0.4, -0.2) is 18.2 Å². The van der Waals surface area contributed by atoms with E-state index in [9.17, 15) is 4.79 Å². The van der Waals surface area contributed by atoms with Gasteiger partial charge in [-0.2, -0.15) is 0 Å². The molecule has 0 amide bonds. The topological polar surface area (TPSA) is 38.8 Å². The van der Waals surface area contributed by atoms with Gasteiger partial charge in [0.15, 0.2) is 5.60 Å². The Morgan fingerprint density at radius 1 is 1.24 bits per heavy atom. The van der Waals surface area contributed by atoms with Crippen molar-refractivity contribution in [2.45, 2.75) is 58.7 Å². The summed E-state index contributed by atoms with van der Waals surface area (Å²) >= 11 is 0. The van der Waals surface area contributed by atoms with Crippen molar-refractivity contribution >= 4 is 5.97 Å². The van der Waals surface area contributed by atoms with Crippen LogP contribution in [0.4, 0.5) is 0 Å². The van der Waals surface area contributed by atoms with Crippen LogP contribution in [-0.2, 0) is 26.3 Å². The summed E-state index contributed by atoms with van der Waals surface area (Å²) < 4.78 is 11.1. The molecule has 21 heavy (non-hydrogen) atoms. The first-order valence-corrected chi connectivity index (χ1v) is 7.86. The van der Waals surface area contributed by atoms with E-state index in [1.54, 1.807) is 0 Å². The molecule has 0 N–H and O–H groups in total. The van der Waals surface area contributed by atoms with Crippen LogP contribution in [0.25, 0.3) is 0 Å². The number of carbonyl (C=O) groups is 1. The van der Waals surface area contributed by atoms with Crippen LogP contribution in [0.5, 0.6) is 0 Å².